The summed E-state index contributed by atoms with van der Waals surface area (Å²) in [4.78, 5) is 0. The van der Waals surface area contributed by atoms with Gasteiger partial charge in [-0.05, 0) is 36.6 Å². The molecule has 0 heterocycles. The van der Waals surface area contributed by atoms with Crippen molar-refractivity contribution in [3.05, 3.63) is 59.9 Å². The molecule has 1 atom stereocenters. The fraction of sp³-hybridized carbons (Fsp3) is 0.412. The van der Waals surface area contributed by atoms with Crippen LogP contribution in [0.25, 0.3) is 0 Å². The molecule has 1 unspecified atom stereocenters. The second-order valence-corrected chi connectivity index (χ2v) is 5.24. The molecule has 0 bridgehead atoms. The summed E-state index contributed by atoms with van der Waals surface area (Å²) in [5.41, 5.74) is 9.21. The molecule has 1 aromatic rings. The molecular weight excluding hydrogens is 232 g/mol. The van der Waals surface area contributed by atoms with E-state index in [-0.39, 0.29) is 0 Å². The summed E-state index contributed by atoms with van der Waals surface area (Å²) >= 11 is 0. The molecule has 0 amide bonds. The van der Waals surface area contributed by atoms with Crippen LogP contribution < -0.4 is 11.1 Å². The number of hydrogen-bond donors (Lipinski definition) is 2. The second kappa shape index (κ2) is 7.80. The first-order chi connectivity index (χ1) is 9.08. The maximum atomic E-state index is 5.62. The third-order valence-electron chi connectivity index (χ3n) is 3.40. The summed E-state index contributed by atoms with van der Waals surface area (Å²) in [5.74, 6) is 0.986. The predicted molar refractivity (Wildman–Crippen MR) is 83.5 cm³/mol. The Balaban J connectivity index is 2.74. The van der Waals surface area contributed by atoms with Crippen molar-refractivity contribution in [2.75, 3.05) is 0 Å². The Morgan fingerprint density at radius 2 is 1.84 bits per heavy atom. The molecule has 104 valence electrons. The monoisotopic (exact) mass is 258 g/mol. The van der Waals surface area contributed by atoms with E-state index in [1.54, 1.807) is 0 Å². The third-order valence-corrected chi connectivity index (χ3v) is 3.40. The summed E-state index contributed by atoms with van der Waals surface area (Å²) in [5, 5.41) is 3.26. The molecule has 3 N–H and O–H groups in total. The van der Waals surface area contributed by atoms with E-state index in [1.807, 2.05) is 19.2 Å². The van der Waals surface area contributed by atoms with Crippen molar-refractivity contribution in [1.82, 2.24) is 5.32 Å². The standard InChI is InChI=1S/C17H26N2/c1-5-10-19-14(4)17(13(2)3)11-15-6-8-16(12-18)9-7-15/h5-10,13,17,19H,4,11-12,18H2,1-3H3/b10-5-. The Bertz CT molecular complexity index is 415. The van der Waals surface area contributed by atoms with Crippen LogP contribution in [0.1, 0.15) is 31.9 Å². The third kappa shape index (κ3) is 4.92. The molecule has 0 fully saturated rings. The van der Waals surface area contributed by atoms with E-state index in [9.17, 15) is 0 Å². The molecular formula is C17H26N2. The minimum Gasteiger partial charge on any atom is -0.366 e. The van der Waals surface area contributed by atoms with Crippen LogP contribution in [0.5, 0.6) is 0 Å². The quantitative estimate of drug-likeness (QED) is 0.784. The molecule has 0 aliphatic rings. The van der Waals surface area contributed by atoms with Gasteiger partial charge >= 0.3 is 0 Å². The number of nitrogens with one attached hydrogen (secondary N) is 1. The molecule has 0 aliphatic carbocycles. The summed E-state index contributed by atoms with van der Waals surface area (Å²) in [6.45, 7) is 11.2. The van der Waals surface area contributed by atoms with Crippen molar-refractivity contribution in [3.8, 4) is 0 Å². The highest BCUT2D eigenvalue weighted by Crippen LogP contribution is 2.23. The van der Waals surface area contributed by atoms with Crippen molar-refractivity contribution in [2.24, 2.45) is 17.6 Å². The van der Waals surface area contributed by atoms with Crippen LogP contribution in [0.15, 0.2) is 48.8 Å². The molecule has 0 aromatic heterocycles. The Labute approximate surface area is 117 Å². The van der Waals surface area contributed by atoms with Gasteiger partial charge in [-0.3, -0.25) is 0 Å². The molecule has 0 spiro atoms. The van der Waals surface area contributed by atoms with Gasteiger partial charge in [0.25, 0.3) is 0 Å². The van der Waals surface area contributed by atoms with Crippen LogP contribution in [0.3, 0.4) is 0 Å². The lowest BCUT2D eigenvalue weighted by Crippen LogP contribution is -2.21. The maximum Gasteiger partial charge on any atom is 0.0178 e. The van der Waals surface area contributed by atoms with Gasteiger partial charge in [-0.15, -0.1) is 0 Å². The Morgan fingerprint density at radius 1 is 1.26 bits per heavy atom. The van der Waals surface area contributed by atoms with E-state index in [1.165, 1.54) is 11.1 Å². The van der Waals surface area contributed by atoms with Gasteiger partial charge in [-0.2, -0.15) is 0 Å². The van der Waals surface area contributed by atoms with Gasteiger partial charge in [-0.1, -0.05) is 50.8 Å². The SMILES string of the molecule is C=C(N/C=C\C)C(Cc1ccc(CN)cc1)C(C)C. The number of allylic oxidation sites excluding steroid dienone is 2. The van der Waals surface area contributed by atoms with E-state index in [0.29, 0.717) is 18.4 Å². The van der Waals surface area contributed by atoms with E-state index in [4.69, 9.17) is 5.73 Å². The lowest BCUT2D eigenvalue weighted by Gasteiger charge is -2.23. The molecule has 2 nitrogen and oxygen atoms in total. The van der Waals surface area contributed by atoms with Crippen molar-refractivity contribution in [1.29, 1.82) is 0 Å². The van der Waals surface area contributed by atoms with Crippen LogP contribution in [0.4, 0.5) is 0 Å². The number of rotatable bonds is 7. The topological polar surface area (TPSA) is 38.0 Å². The zero-order valence-corrected chi connectivity index (χ0v) is 12.3. The summed E-state index contributed by atoms with van der Waals surface area (Å²) in [6.07, 6.45) is 4.93. The Hall–Kier alpha value is -1.54. The van der Waals surface area contributed by atoms with Crippen molar-refractivity contribution in [3.63, 3.8) is 0 Å². The molecule has 0 aliphatic heterocycles. The van der Waals surface area contributed by atoms with Crippen LogP contribution in [-0.2, 0) is 13.0 Å². The molecule has 0 saturated carbocycles. The highest BCUT2D eigenvalue weighted by Gasteiger charge is 2.17. The average Bonchev–Trinajstić information content (AvgIpc) is 2.42. The van der Waals surface area contributed by atoms with Gasteiger partial charge in [0.15, 0.2) is 0 Å². The number of hydrogen-bond acceptors (Lipinski definition) is 2. The fourth-order valence-electron chi connectivity index (χ4n) is 2.12. The summed E-state index contributed by atoms with van der Waals surface area (Å²) in [6, 6.07) is 8.55. The normalized spacial score (nSPS) is 12.9. The highest BCUT2D eigenvalue weighted by molar-refractivity contribution is 5.24. The van der Waals surface area contributed by atoms with Crippen LogP contribution in [0.2, 0.25) is 0 Å². The van der Waals surface area contributed by atoms with Gasteiger partial charge in [0.05, 0.1) is 0 Å². The minimum atomic E-state index is 0.430. The molecule has 1 rings (SSSR count). The molecule has 19 heavy (non-hydrogen) atoms. The summed E-state index contributed by atoms with van der Waals surface area (Å²) in [7, 11) is 0. The first-order valence-corrected chi connectivity index (χ1v) is 6.92. The zero-order chi connectivity index (χ0) is 14.3. The van der Waals surface area contributed by atoms with Gasteiger partial charge in [-0.25, -0.2) is 0 Å². The number of benzene rings is 1. The van der Waals surface area contributed by atoms with E-state index < -0.39 is 0 Å². The lowest BCUT2D eigenvalue weighted by molar-refractivity contribution is 0.427. The largest absolute Gasteiger partial charge is 0.366 e. The van der Waals surface area contributed by atoms with Gasteiger partial charge < -0.3 is 11.1 Å². The molecule has 2 heteroatoms. The van der Waals surface area contributed by atoms with Crippen LogP contribution >= 0.6 is 0 Å². The fourth-order valence-corrected chi connectivity index (χ4v) is 2.12. The lowest BCUT2D eigenvalue weighted by atomic mass is 9.86. The second-order valence-electron chi connectivity index (χ2n) is 5.24. The molecule has 0 saturated heterocycles. The first-order valence-electron chi connectivity index (χ1n) is 6.92. The van der Waals surface area contributed by atoms with E-state index >= 15 is 0 Å². The average molecular weight is 258 g/mol. The predicted octanol–water partition coefficient (Wildman–Crippen LogP) is 3.60. The van der Waals surface area contributed by atoms with E-state index in [0.717, 1.165) is 12.1 Å². The highest BCUT2D eigenvalue weighted by atomic mass is 14.9. The molecule has 0 radical (unpaired) electrons. The van der Waals surface area contributed by atoms with Gasteiger partial charge in [0.2, 0.25) is 0 Å². The van der Waals surface area contributed by atoms with Gasteiger partial charge in [0, 0.05) is 18.2 Å². The Morgan fingerprint density at radius 3 is 2.32 bits per heavy atom. The van der Waals surface area contributed by atoms with E-state index in [2.05, 4.69) is 50.0 Å². The van der Waals surface area contributed by atoms with Crippen molar-refractivity contribution >= 4 is 0 Å². The van der Waals surface area contributed by atoms with Crippen LogP contribution in [-0.4, -0.2) is 0 Å². The zero-order valence-electron chi connectivity index (χ0n) is 12.3. The summed E-state index contributed by atoms with van der Waals surface area (Å²) < 4.78 is 0. The van der Waals surface area contributed by atoms with Crippen molar-refractivity contribution in [2.45, 2.75) is 33.7 Å². The first kappa shape index (κ1) is 15.5. The maximum absolute atomic E-state index is 5.62. The van der Waals surface area contributed by atoms with Crippen LogP contribution in [0, 0.1) is 11.8 Å². The smallest absolute Gasteiger partial charge is 0.0178 e. The van der Waals surface area contributed by atoms with Crippen molar-refractivity contribution < 1.29 is 0 Å². The van der Waals surface area contributed by atoms with Gasteiger partial charge in [0.1, 0.15) is 0 Å². The minimum absolute atomic E-state index is 0.430. The molecule has 1 aromatic carbocycles. The Kier molecular flexibility index (Phi) is 6.37. The number of nitrogens with two attached hydrogens (primary N) is 1.